The van der Waals surface area contributed by atoms with E-state index in [0.29, 0.717) is 0 Å². The zero-order chi connectivity index (χ0) is 16.2. The molecule has 116 valence electrons. The summed E-state index contributed by atoms with van der Waals surface area (Å²) in [6.07, 6.45) is 0. The van der Waals surface area contributed by atoms with Gasteiger partial charge < -0.3 is 0 Å². The van der Waals surface area contributed by atoms with Crippen molar-refractivity contribution < 1.29 is 0 Å². The Bertz CT molecular complexity index is 910. The molecule has 0 unspecified atom stereocenters. The summed E-state index contributed by atoms with van der Waals surface area (Å²) in [4.78, 5) is 0. The SMILES string of the molecule is c1ccc([Te]c2cc(-c3ccccc3)[te]c2-c2ccccc2)cc1. The average Bonchev–Trinajstić information content (AvgIpc) is 3.08. The Hall–Kier alpha value is -1.28. The predicted octanol–water partition coefficient (Wildman–Crippen LogP) is 3.73. The van der Waals surface area contributed by atoms with Crippen LogP contribution in [0, 0.1) is 0 Å². The van der Waals surface area contributed by atoms with E-state index in [2.05, 4.69) is 97.1 Å². The van der Waals surface area contributed by atoms with Crippen LogP contribution in [0.2, 0.25) is 0 Å². The molecule has 0 spiro atoms. The van der Waals surface area contributed by atoms with Crippen LogP contribution in [0.3, 0.4) is 0 Å². The fourth-order valence-corrected chi connectivity index (χ4v) is 10.6. The quantitative estimate of drug-likeness (QED) is 0.350. The van der Waals surface area contributed by atoms with Crippen LogP contribution in [0.5, 0.6) is 0 Å². The van der Waals surface area contributed by atoms with Gasteiger partial charge in [-0.1, -0.05) is 0 Å². The maximum atomic E-state index is 2.51. The molecule has 0 aliphatic carbocycles. The van der Waals surface area contributed by atoms with Crippen molar-refractivity contribution in [2.75, 3.05) is 0 Å². The van der Waals surface area contributed by atoms with Crippen LogP contribution >= 0.6 is 0 Å². The van der Waals surface area contributed by atoms with Crippen molar-refractivity contribution in [2.24, 2.45) is 0 Å². The molecule has 0 fully saturated rings. The van der Waals surface area contributed by atoms with E-state index in [-0.39, 0.29) is 41.4 Å². The summed E-state index contributed by atoms with van der Waals surface area (Å²) >= 11 is -0.657. The molecule has 24 heavy (non-hydrogen) atoms. The number of hydrogen-bond donors (Lipinski definition) is 0. The number of benzene rings is 3. The molecule has 1 heterocycles. The van der Waals surface area contributed by atoms with Gasteiger partial charge in [0, 0.05) is 0 Å². The fourth-order valence-electron chi connectivity index (χ4n) is 2.60. The minimum atomic E-state index is -0.335. The van der Waals surface area contributed by atoms with Gasteiger partial charge in [-0.05, 0) is 0 Å². The molecule has 4 aromatic rings. The molecule has 0 radical (unpaired) electrons. The van der Waals surface area contributed by atoms with Crippen molar-refractivity contribution in [1.29, 1.82) is 0 Å². The van der Waals surface area contributed by atoms with Gasteiger partial charge in [-0.2, -0.15) is 0 Å². The zero-order valence-corrected chi connectivity index (χ0v) is 17.7. The third-order valence-corrected chi connectivity index (χ3v) is 11.5. The summed E-state index contributed by atoms with van der Waals surface area (Å²) in [5.41, 5.74) is 2.84. The Morgan fingerprint density at radius 2 is 1.12 bits per heavy atom. The van der Waals surface area contributed by atoms with Crippen molar-refractivity contribution >= 4 is 48.6 Å². The molecule has 3 aromatic carbocycles. The molecule has 1 aromatic heterocycles. The van der Waals surface area contributed by atoms with E-state index in [1.54, 1.807) is 10.8 Å². The van der Waals surface area contributed by atoms with Gasteiger partial charge in [-0.25, -0.2) is 0 Å². The van der Waals surface area contributed by atoms with Gasteiger partial charge in [0.1, 0.15) is 0 Å². The van der Waals surface area contributed by atoms with Crippen LogP contribution in [0.1, 0.15) is 0 Å². The topological polar surface area (TPSA) is 0 Å². The van der Waals surface area contributed by atoms with E-state index in [0.717, 1.165) is 0 Å². The Labute approximate surface area is 162 Å². The van der Waals surface area contributed by atoms with Crippen LogP contribution in [-0.4, -0.2) is 41.4 Å². The first-order valence-corrected chi connectivity index (χ1v) is 12.5. The molecule has 0 amide bonds. The molecular weight excluding hydrogens is 519 g/mol. The van der Waals surface area contributed by atoms with Crippen molar-refractivity contribution in [3.8, 4) is 18.3 Å². The van der Waals surface area contributed by atoms with Gasteiger partial charge in [0.25, 0.3) is 0 Å². The molecule has 0 nitrogen and oxygen atoms in total. The normalized spacial score (nSPS) is 10.7. The summed E-state index contributed by atoms with van der Waals surface area (Å²) in [5.74, 6) is 0. The second kappa shape index (κ2) is 7.73. The standard InChI is InChI=1S/C22H16Te2/c1-4-10-17(11-5-1)20-16-21(23-19-14-8-3-9-15-19)22(24-20)18-12-6-2-7-13-18/h1-16H. The Balaban J connectivity index is 1.80. The monoisotopic (exact) mass is 540 g/mol. The van der Waals surface area contributed by atoms with Crippen molar-refractivity contribution in [1.82, 2.24) is 0 Å². The molecule has 0 saturated heterocycles. The van der Waals surface area contributed by atoms with E-state index in [1.807, 2.05) is 0 Å². The Kier molecular flexibility index (Phi) is 5.22. The molecular formula is C22H16Te2. The average molecular weight is 536 g/mol. The molecule has 0 atom stereocenters. The molecule has 2 heteroatoms. The van der Waals surface area contributed by atoms with E-state index < -0.39 is 0 Å². The number of rotatable bonds is 4. The van der Waals surface area contributed by atoms with Gasteiger partial charge in [0.2, 0.25) is 0 Å². The van der Waals surface area contributed by atoms with E-state index >= 15 is 0 Å². The molecule has 0 aliphatic rings. The van der Waals surface area contributed by atoms with Gasteiger partial charge in [-0.15, -0.1) is 0 Å². The van der Waals surface area contributed by atoms with Crippen LogP contribution in [0.15, 0.2) is 97.1 Å². The summed E-state index contributed by atoms with van der Waals surface area (Å²) in [6, 6.07) is 35.4. The first-order chi connectivity index (χ1) is 11.9. The second-order valence-electron chi connectivity index (χ2n) is 5.45. The van der Waals surface area contributed by atoms with Gasteiger partial charge in [0.05, 0.1) is 0 Å². The van der Waals surface area contributed by atoms with Crippen molar-refractivity contribution in [3.63, 3.8) is 0 Å². The van der Waals surface area contributed by atoms with Gasteiger partial charge in [-0.3, -0.25) is 0 Å². The Morgan fingerprint density at radius 3 is 1.75 bits per heavy atom. The Morgan fingerprint density at radius 1 is 0.583 bits per heavy atom. The number of hydrogen-bond acceptors (Lipinski definition) is 0. The third-order valence-electron chi connectivity index (χ3n) is 3.76. The van der Waals surface area contributed by atoms with E-state index in [9.17, 15) is 0 Å². The van der Waals surface area contributed by atoms with Crippen LogP contribution in [0.4, 0.5) is 0 Å². The van der Waals surface area contributed by atoms with Crippen molar-refractivity contribution in [2.45, 2.75) is 0 Å². The van der Waals surface area contributed by atoms with Crippen LogP contribution in [0.25, 0.3) is 18.3 Å². The first-order valence-electron chi connectivity index (χ1n) is 7.88. The van der Waals surface area contributed by atoms with Crippen LogP contribution < -0.4 is 7.22 Å². The molecule has 4 rings (SSSR count). The fraction of sp³-hybridized carbons (Fsp3) is 0. The third kappa shape index (κ3) is 3.69. The first kappa shape index (κ1) is 16.2. The van der Waals surface area contributed by atoms with Gasteiger partial charge >= 0.3 is 164 Å². The zero-order valence-electron chi connectivity index (χ0n) is 13.1. The van der Waals surface area contributed by atoms with Gasteiger partial charge in [0.15, 0.2) is 0 Å². The van der Waals surface area contributed by atoms with E-state index in [1.165, 1.54) is 14.7 Å². The van der Waals surface area contributed by atoms with E-state index in [4.69, 9.17) is 0 Å². The molecule has 0 bridgehead atoms. The maximum absolute atomic E-state index is 2.51. The van der Waals surface area contributed by atoms with Crippen LogP contribution in [-0.2, 0) is 0 Å². The summed E-state index contributed by atoms with van der Waals surface area (Å²) in [6.45, 7) is 0. The molecule has 0 saturated carbocycles. The molecule has 0 aliphatic heterocycles. The predicted molar refractivity (Wildman–Crippen MR) is 106 cm³/mol. The summed E-state index contributed by atoms with van der Waals surface area (Å²) < 4.78 is 6.37. The minimum absolute atomic E-state index is 0.322. The summed E-state index contributed by atoms with van der Waals surface area (Å²) in [7, 11) is 0. The molecule has 0 N–H and O–H groups in total. The second-order valence-corrected chi connectivity index (χ2v) is 11.6. The van der Waals surface area contributed by atoms with Crippen molar-refractivity contribution in [3.05, 3.63) is 97.1 Å². The summed E-state index contributed by atoms with van der Waals surface area (Å²) in [5, 5.41) is 0.